The van der Waals surface area contributed by atoms with Crippen LogP contribution in [0.25, 0.3) is 0 Å². The first-order valence-corrected chi connectivity index (χ1v) is 10.8. The number of amides is 1. The molecule has 3 atom stereocenters. The van der Waals surface area contributed by atoms with Gasteiger partial charge in [-0.2, -0.15) is 0 Å². The number of carbonyl (C=O) groups is 2. The molecule has 29 heavy (non-hydrogen) atoms. The second kappa shape index (κ2) is 10.7. The predicted molar refractivity (Wildman–Crippen MR) is 106 cm³/mol. The fraction of sp³-hybridized carbons (Fsp3) is 0.800. The van der Waals surface area contributed by atoms with Crippen LogP contribution in [-0.4, -0.2) is 63.8 Å². The number of nitrogens with one attached hydrogen (secondary N) is 2. The van der Waals surface area contributed by atoms with E-state index in [9.17, 15) is 14.7 Å². The quantitative estimate of drug-likeness (QED) is 0.530. The van der Waals surface area contributed by atoms with Gasteiger partial charge in [-0.3, -0.25) is 4.79 Å². The van der Waals surface area contributed by atoms with E-state index in [-0.39, 0.29) is 24.6 Å². The van der Waals surface area contributed by atoms with Crippen molar-refractivity contribution in [2.24, 2.45) is 0 Å². The van der Waals surface area contributed by atoms with Crippen molar-refractivity contribution >= 4 is 11.9 Å². The van der Waals surface area contributed by atoms with Crippen LogP contribution in [0.15, 0.2) is 6.20 Å². The lowest BCUT2D eigenvalue weighted by molar-refractivity contribution is -0.162. The fourth-order valence-electron chi connectivity index (χ4n) is 4.36. The van der Waals surface area contributed by atoms with Gasteiger partial charge in [0.25, 0.3) is 0 Å². The molecule has 0 bridgehead atoms. The summed E-state index contributed by atoms with van der Waals surface area (Å²) >= 11 is 0. The van der Waals surface area contributed by atoms with E-state index in [1.165, 1.54) is 19.3 Å². The van der Waals surface area contributed by atoms with Crippen LogP contribution in [0.4, 0.5) is 0 Å². The Balaban J connectivity index is 1.53. The number of carbonyl (C=O) groups excluding carboxylic acids is 1. The molecule has 162 valence electrons. The molecule has 0 radical (unpaired) electrons. The number of hydrogen-bond donors (Lipinski definition) is 3. The first-order valence-electron chi connectivity index (χ1n) is 10.8. The van der Waals surface area contributed by atoms with Crippen LogP contribution in [0.3, 0.4) is 0 Å². The molecule has 2 heterocycles. The maximum Gasteiger partial charge on any atom is 0.332 e. The summed E-state index contributed by atoms with van der Waals surface area (Å²) in [7, 11) is 1.88. The van der Waals surface area contributed by atoms with Crippen LogP contribution in [0, 0.1) is 0 Å². The molecule has 0 spiro atoms. The minimum atomic E-state index is -0.939. The average molecular weight is 408 g/mol. The van der Waals surface area contributed by atoms with E-state index >= 15 is 0 Å². The van der Waals surface area contributed by atoms with E-state index in [0.717, 1.165) is 31.5 Å². The number of hydrogen-bond acceptors (Lipinski definition) is 6. The third-order valence-corrected chi connectivity index (χ3v) is 5.95. The standard InChI is InChI=1S/C20H33N5O4/c1-21-11-5-8-17-15(9-10-18(29-17)20(27)28)22-19(26)13-25-12-16(23-24-25)14-6-3-2-4-7-14/h12,14-15,17-18,21H,2-11,13H2,1H3,(H,22,26)(H,27,28). The Kier molecular flexibility index (Phi) is 8.00. The van der Waals surface area contributed by atoms with Gasteiger partial charge >= 0.3 is 5.97 Å². The number of nitrogens with zero attached hydrogens (tertiary/aromatic N) is 3. The molecule has 1 aliphatic heterocycles. The Morgan fingerprint density at radius 3 is 2.76 bits per heavy atom. The Morgan fingerprint density at radius 2 is 2.03 bits per heavy atom. The van der Waals surface area contributed by atoms with Crippen LogP contribution in [0.5, 0.6) is 0 Å². The number of carboxylic acid groups (broad SMARTS) is 1. The van der Waals surface area contributed by atoms with E-state index in [1.807, 2.05) is 13.2 Å². The van der Waals surface area contributed by atoms with E-state index in [4.69, 9.17) is 4.74 Å². The monoisotopic (exact) mass is 407 g/mol. The SMILES string of the molecule is CNCCCC1OC(C(=O)O)CCC1NC(=O)Cn1cc(C2CCCCC2)nn1. The lowest BCUT2D eigenvalue weighted by atomic mass is 9.87. The van der Waals surface area contributed by atoms with Crippen LogP contribution in [-0.2, 0) is 20.9 Å². The summed E-state index contributed by atoms with van der Waals surface area (Å²) in [5, 5.41) is 23.8. The van der Waals surface area contributed by atoms with Gasteiger partial charge in [0.1, 0.15) is 6.54 Å². The van der Waals surface area contributed by atoms with Crippen molar-refractivity contribution in [3.8, 4) is 0 Å². The molecule has 9 heteroatoms. The van der Waals surface area contributed by atoms with Gasteiger partial charge < -0.3 is 20.5 Å². The summed E-state index contributed by atoms with van der Waals surface area (Å²) in [5.41, 5.74) is 0.979. The molecule has 0 aromatic carbocycles. The van der Waals surface area contributed by atoms with E-state index in [0.29, 0.717) is 25.2 Å². The largest absolute Gasteiger partial charge is 0.479 e. The van der Waals surface area contributed by atoms with Gasteiger partial charge in [0.2, 0.25) is 5.91 Å². The third kappa shape index (κ3) is 6.24. The van der Waals surface area contributed by atoms with Crippen molar-refractivity contribution in [2.75, 3.05) is 13.6 Å². The highest BCUT2D eigenvalue weighted by Crippen LogP contribution is 2.31. The zero-order chi connectivity index (χ0) is 20.6. The number of aliphatic carboxylic acids is 1. The number of aromatic nitrogens is 3. The molecule has 1 saturated heterocycles. The summed E-state index contributed by atoms with van der Waals surface area (Å²) in [4.78, 5) is 23.9. The van der Waals surface area contributed by atoms with Crippen LogP contribution < -0.4 is 10.6 Å². The molecule has 2 fully saturated rings. The van der Waals surface area contributed by atoms with Crippen molar-refractivity contribution in [3.05, 3.63) is 11.9 Å². The Morgan fingerprint density at radius 1 is 1.24 bits per heavy atom. The maximum absolute atomic E-state index is 12.6. The van der Waals surface area contributed by atoms with Gasteiger partial charge in [0.15, 0.2) is 6.10 Å². The fourth-order valence-corrected chi connectivity index (χ4v) is 4.36. The van der Waals surface area contributed by atoms with Crippen molar-refractivity contribution in [1.29, 1.82) is 0 Å². The molecule has 1 amide bonds. The lowest BCUT2D eigenvalue weighted by Crippen LogP contribution is -2.51. The normalized spacial score (nSPS) is 25.6. The minimum absolute atomic E-state index is 0.113. The second-order valence-corrected chi connectivity index (χ2v) is 8.17. The number of ether oxygens (including phenoxy) is 1. The molecular formula is C20H33N5O4. The summed E-state index contributed by atoms with van der Waals surface area (Å²) in [6.45, 7) is 0.934. The topological polar surface area (TPSA) is 118 Å². The van der Waals surface area contributed by atoms with Crippen LogP contribution in [0.2, 0.25) is 0 Å². The third-order valence-electron chi connectivity index (χ3n) is 5.95. The molecule has 1 saturated carbocycles. The molecule has 1 aromatic heterocycles. The van der Waals surface area contributed by atoms with Crippen LogP contribution >= 0.6 is 0 Å². The van der Waals surface area contributed by atoms with Crippen molar-refractivity contribution in [2.45, 2.75) is 88.5 Å². The summed E-state index contributed by atoms with van der Waals surface area (Å²) in [6.07, 6.45) is 9.37. The first-order chi connectivity index (χ1) is 14.1. The second-order valence-electron chi connectivity index (χ2n) is 8.17. The summed E-state index contributed by atoms with van der Waals surface area (Å²) in [6, 6.07) is -0.184. The highest BCUT2D eigenvalue weighted by atomic mass is 16.5. The van der Waals surface area contributed by atoms with Gasteiger partial charge in [0, 0.05) is 12.1 Å². The zero-order valence-corrected chi connectivity index (χ0v) is 17.2. The molecule has 1 aromatic rings. The molecule has 9 nitrogen and oxygen atoms in total. The highest BCUT2D eigenvalue weighted by Gasteiger charge is 2.35. The minimum Gasteiger partial charge on any atom is -0.479 e. The number of rotatable bonds is 9. The molecule has 1 aliphatic carbocycles. The predicted octanol–water partition coefficient (Wildman–Crippen LogP) is 1.44. The average Bonchev–Trinajstić information content (AvgIpc) is 3.18. The first kappa shape index (κ1) is 21.7. The zero-order valence-electron chi connectivity index (χ0n) is 17.2. The smallest absolute Gasteiger partial charge is 0.332 e. The van der Waals surface area contributed by atoms with Crippen molar-refractivity contribution in [3.63, 3.8) is 0 Å². The van der Waals surface area contributed by atoms with Crippen molar-refractivity contribution in [1.82, 2.24) is 25.6 Å². The van der Waals surface area contributed by atoms with Gasteiger partial charge in [-0.15, -0.1) is 5.10 Å². The van der Waals surface area contributed by atoms with Gasteiger partial charge in [-0.05, 0) is 52.1 Å². The number of carboxylic acids is 1. The van der Waals surface area contributed by atoms with Crippen LogP contribution in [0.1, 0.15) is 69.4 Å². The van der Waals surface area contributed by atoms with Gasteiger partial charge in [0.05, 0.1) is 17.8 Å². The molecule has 3 N–H and O–H groups in total. The Labute approximate surface area is 171 Å². The molecule has 2 aliphatic rings. The molecular weight excluding hydrogens is 374 g/mol. The summed E-state index contributed by atoms with van der Waals surface area (Å²) < 4.78 is 7.36. The molecule has 3 unspecified atom stereocenters. The van der Waals surface area contributed by atoms with E-state index in [2.05, 4.69) is 20.9 Å². The van der Waals surface area contributed by atoms with Gasteiger partial charge in [-0.25, -0.2) is 9.48 Å². The molecule has 3 rings (SSSR count). The summed E-state index contributed by atoms with van der Waals surface area (Å²) in [5.74, 6) is -0.630. The highest BCUT2D eigenvalue weighted by molar-refractivity contribution is 5.76. The van der Waals surface area contributed by atoms with E-state index in [1.54, 1.807) is 4.68 Å². The van der Waals surface area contributed by atoms with Gasteiger partial charge in [-0.1, -0.05) is 24.5 Å². The van der Waals surface area contributed by atoms with E-state index < -0.39 is 12.1 Å². The lowest BCUT2D eigenvalue weighted by Gasteiger charge is -2.35. The Hall–Kier alpha value is -2.00. The van der Waals surface area contributed by atoms with Crippen molar-refractivity contribution < 1.29 is 19.4 Å². The maximum atomic E-state index is 12.6. The Bertz CT molecular complexity index is 674.